The van der Waals surface area contributed by atoms with Gasteiger partial charge in [0.15, 0.2) is 5.69 Å². The zero-order valence-corrected chi connectivity index (χ0v) is 20.8. The molecule has 10 heteroatoms. The lowest BCUT2D eigenvalue weighted by Gasteiger charge is -2.28. The van der Waals surface area contributed by atoms with Gasteiger partial charge in [0, 0.05) is 50.2 Å². The molecule has 5 rings (SSSR count). The van der Waals surface area contributed by atoms with Crippen LogP contribution in [0.4, 0.5) is 0 Å². The molecule has 1 aliphatic heterocycles. The molecule has 0 unspecified atom stereocenters. The van der Waals surface area contributed by atoms with Crippen LogP contribution in [0.25, 0.3) is 0 Å². The molecule has 34 heavy (non-hydrogen) atoms. The Balaban J connectivity index is 1.41. The van der Waals surface area contributed by atoms with Gasteiger partial charge in [0.1, 0.15) is 5.69 Å². The highest BCUT2D eigenvalue weighted by atomic mass is 32.1. The van der Waals surface area contributed by atoms with Crippen molar-refractivity contribution in [2.45, 2.75) is 58.7 Å². The first kappa shape index (κ1) is 22.8. The highest BCUT2D eigenvalue weighted by molar-refractivity contribution is 7.07. The van der Waals surface area contributed by atoms with Crippen molar-refractivity contribution < 1.29 is 9.59 Å². The number of hydrogen-bond donors (Lipinski definition) is 0. The zero-order valence-electron chi connectivity index (χ0n) is 20.0. The van der Waals surface area contributed by atoms with Gasteiger partial charge < -0.3 is 9.80 Å². The fraction of sp³-hybridized carbons (Fsp3) is 0.542. The molecular formula is C24H31N7O2S. The lowest BCUT2D eigenvalue weighted by Crippen LogP contribution is -2.38. The zero-order chi connectivity index (χ0) is 23.8. The van der Waals surface area contributed by atoms with Crippen molar-refractivity contribution in [2.75, 3.05) is 13.6 Å². The van der Waals surface area contributed by atoms with E-state index in [1.807, 2.05) is 28.1 Å². The molecule has 3 aromatic heterocycles. The third kappa shape index (κ3) is 4.51. The number of thiazole rings is 1. The molecule has 0 radical (unpaired) electrons. The monoisotopic (exact) mass is 481 g/mol. The van der Waals surface area contributed by atoms with Crippen LogP contribution in [-0.4, -0.2) is 59.8 Å². The van der Waals surface area contributed by atoms with E-state index in [0.29, 0.717) is 43.4 Å². The van der Waals surface area contributed by atoms with Crippen molar-refractivity contribution in [1.82, 2.24) is 34.3 Å². The number of aromatic nitrogens is 5. The summed E-state index contributed by atoms with van der Waals surface area (Å²) in [5, 5.41) is 11.2. The number of amides is 2. The number of nitrogens with zero attached hydrogens (tertiary/aromatic N) is 7. The van der Waals surface area contributed by atoms with Crippen LogP contribution in [0.1, 0.15) is 69.8 Å². The Hall–Kier alpha value is -3.01. The van der Waals surface area contributed by atoms with Gasteiger partial charge >= 0.3 is 0 Å². The number of hydrogen-bond acceptors (Lipinski definition) is 6. The average Bonchev–Trinajstić information content (AvgIpc) is 3.18. The Morgan fingerprint density at radius 1 is 1.24 bits per heavy atom. The molecule has 0 aromatic carbocycles. The van der Waals surface area contributed by atoms with Gasteiger partial charge in [-0.3, -0.25) is 19.0 Å². The van der Waals surface area contributed by atoms with Gasteiger partial charge in [-0.2, -0.15) is 10.2 Å². The van der Waals surface area contributed by atoms with Gasteiger partial charge in [0.05, 0.1) is 30.0 Å². The molecule has 0 atom stereocenters. The second-order valence-electron chi connectivity index (χ2n) is 9.41. The number of carbonyl (C=O) groups excluding carboxylic acids is 2. The molecule has 1 saturated carbocycles. The first-order valence-corrected chi connectivity index (χ1v) is 12.9. The van der Waals surface area contributed by atoms with Crippen LogP contribution in [0.2, 0.25) is 0 Å². The van der Waals surface area contributed by atoms with E-state index in [-0.39, 0.29) is 11.8 Å². The van der Waals surface area contributed by atoms with Crippen LogP contribution in [0.5, 0.6) is 0 Å². The Morgan fingerprint density at radius 2 is 2.06 bits per heavy atom. The summed E-state index contributed by atoms with van der Waals surface area (Å²) >= 11 is 1.52. The van der Waals surface area contributed by atoms with Crippen LogP contribution in [0.15, 0.2) is 17.0 Å². The molecule has 4 heterocycles. The van der Waals surface area contributed by atoms with Crippen molar-refractivity contribution >= 4 is 23.2 Å². The molecule has 1 aliphatic carbocycles. The molecule has 2 amide bonds. The van der Waals surface area contributed by atoms with E-state index in [1.165, 1.54) is 24.2 Å². The molecule has 2 aliphatic rings. The van der Waals surface area contributed by atoms with Gasteiger partial charge in [0.2, 0.25) is 0 Å². The summed E-state index contributed by atoms with van der Waals surface area (Å²) < 4.78 is 3.70. The first-order valence-electron chi connectivity index (χ1n) is 12.0. The van der Waals surface area contributed by atoms with Crippen LogP contribution in [-0.2, 0) is 39.5 Å². The lowest BCUT2D eigenvalue weighted by atomic mass is 10.0. The van der Waals surface area contributed by atoms with Crippen molar-refractivity contribution in [3.8, 4) is 0 Å². The van der Waals surface area contributed by atoms with Gasteiger partial charge in [-0.1, -0.05) is 13.3 Å². The minimum atomic E-state index is -0.126. The summed E-state index contributed by atoms with van der Waals surface area (Å²) in [6.07, 6.45) is 4.96. The Kier molecular flexibility index (Phi) is 6.24. The van der Waals surface area contributed by atoms with Crippen molar-refractivity contribution in [2.24, 2.45) is 13.0 Å². The van der Waals surface area contributed by atoms with Crippen LogP contribution in [0, 0.1) is 5.92 Å². The highest BCUT2D eigenvalue weighted by Gasteiger charge is 2.34. The number of fused-ring (bicyclic) bond motifs is 1. The maximum atomic E-state index is 13.4. The molecule has 0 saturated heterocycles. The molecule has 0 spiro atoms. The fourth-order valence-corrected chi connectivity index (χ4v) is 5.16. The van der Waals surface area contributed by atoms with Gasteiger partial charge in [0.25, 0.3) is 11.8 Å². The fourth-order valence-electron chi connectivity index (χ4n) is 4.61. The second-order valence-corrected chi connectivity index (χ2v) is 10.1. The maximum Gasteiger partial charge on any atom is 0.274 e. The number of carbonyl (C=O) groups is 2. The van der Waals surface area contributed by atoms with Crippen LogP contribution < -0.4 is 0 Å². The largest absolute Gasteiger partial charge is 0.334 e. The third-order valence-electron chi connectivity index (χ3n) is 6.64. The predicted octanol–water partition coefficient (Wildman–Crippen LogP) is 2.91. The van der Waals surface area contributed by atoms with Gasteiger partial charge in [-0.25, -0.2) is 4.98 Å². The topological polar surface area (TPSA) is 89.2 Å². The van der Waals surface area contributed by atoms with E-state index in [0.717, 1.165) is 42.0 Å². The van der Waals surface area contributed by atoms with E-state index in [2.05, 4.69) is 17.0 Å². The summed E-state index contributed by atoms with van der Waals surface area (Å²) in [6.45, 7) is 4.38. The predicted molar refractivity (Wildman–Crippen MR) is 129 cm³/mol. The quantitative estimate of drug-likeness (QED) is 0.494. The van der Waals surface area contributed by atoms with Crippen molar-refractivity contribution in [3.05, 3.63) is 51.0 Å². The van der Waals surface area contributed by atoms with E-state index < -0.39 is 0 Å². The SMILES string of the molecule is CCCc1cc(C(=O)N2CCc3c(c(C(=O)N(C)Cc4cscn4)nn3CC3CC3)C2)n(C)n1. The summed E-state index contributed by atoms with van der Waals surface area (Å²) in [4.78, 5) is 34.6. The summed E-state index contributed by atoms with van der Waals surface area (Å²) in [5.41, 5.74) is 6.59. The van der Waals surface area contributed by atoms with Crippen LogP contribution >= 0.6 is 11.3 Å². The molecule has 0 bridgehead atoms. The third-order valence-corrected chi connectivity index (χ3v) is 7.27. The van der Waals surface area contributed by atoms with Crippen LogP contribution in [0.3, 0.4) is 0 Å². The molecule has 9 nitrogen and oxygen atoms in total. The second kappa shape index (κ2) is 9.32. The minimum absolute atomic E-state index is 0.0489. The Labute approximate surface area is 203 Å². The molecule has 0 N–H and O–H groups in total. The van der Waals surface area contributed by atoms with Crippen molar-refractivity contribution in [1.29, 1.82) is 0 Å². The summed E-state index contributed by atoms with van der Waals surface area (Å²) in [6, 6.07) is 1.89. The Morgan fingerprint density at radius 3 is 2.76 bits per heavy atom. The molecule has 3 aromatic rings. The normalized spacial score (nSPS) is 15.4. The standard InChI is InChI=1S/C24H31N7O2S/c1-4-5-17-10-21(29(3)26-17)23(32)30-9-8-20-19(13-30)22(27-31(20)11-16-6-7-16)24(33)28(2)12-18-14-34-15-25-18/h10,14-16H,4-9,11-13H2,1-3H3. The maximum absolute atomic E-state index is 13.4. The van der Waals surface area contributed by atoms with Gasteiger partial charge in [-0.05, 0) is 31.2 Å². The smallest absolute Gasteiger partial charge is 0.274 e. The average molecular weight is 482 g/mol. The Bertz CT molecular complexity index is 1190. The van der Waals surface area contributed by atoms with Gasteiger partial charge in [-0.15, -0.1) is 11.3 Å². The molecule has 180 valence electrons. The van der Waals surface area contributed by atoms with Crippen molar-refractivity contribution in [3.63, 3.8) is 0 Å². The van der Waals surface area contributed by atoms with E-state index in [4.69, 9.17) is 5.10 Å². The minimum Gasteiger partial charge on any atom is -0.334 e. The molecular weight excluding hydrogens is 450 g/mol. The lowest BCUT2D eigenvalue weighted by molar-refractivity contribution is 0.0711. The summed E-state index contributed by atoms with van der Waals surface area (Å²) in [5.74, 6) is 0.469. The molecule has 1 fully saturated rings. The number of rotatable bonds is 8. The van der Waals surface area contributed by atoms with E-state index in [1.54, 1.807) is 22.1 Å². The van der Waals surface area contributed by atoms with E-state index in [9.17, 15) is 9.59 Å². The number of aryl methyl sites for hydroxylation is 2. The summed E-state index contributed by atoms with van der Waals surface area (Å²) in [7, 11) is 3.60. The van der Waals surface area contributed by atoms with E-state index >= 15 is 0 Å². The highest BCUT2D eigenvalue weighted by Crippen LogP contribution is 2.33. The first-order chi connectivity index (χ1) is 16.4.